The van der Waals surface area contributed by atoms with E-state index in [2.05, 4.69) is 11.3 Å². The van der Waals surface area contributed by atoms with Crippen LogP contribution in [0.2, 0.25) is 0 Å². The van der Waals surface area contributed by atoms with E-state index in [-0.39, 0.29) is 4.90 Å². The first kappa shape index (κ1) is 16.2. The summed E-state index contributed by atoms with van der Waals surface area (Å²) in [5.74, 6) is 1.94. The van der Waals surface area contributed by atoms with Crippen LogP contribution in [0.1, 0.15) is 12.0 Å². The van der Waals surface area contributed by atoms with Gasteiger partial charge in [0, 0.05) is 23.7 Å². The van der Waals surface area contributed by atoms with Crippen molar-refractivity contribution in [2.24, 2.45) is 0 Å². The molecule has 7 heteroatoms. The highest BCUT2D eigenvalue weighted by Gasteiger charge is 2.24. The van der Waals surface area contributed by atoms with E-state index in [1.807, 2.05) is 0 Å². The number of ether oxygens (including phenoxy) is 1. The summed E-state index contributed by atoms with van der Waals surface area (Å²) in [6.45, 7) is 4.52. The lowest BCUT2D eigenvalue weighted by Gasteiger charge is -2.21. The number of fused-ring (bicyclic) bond motifs is 1. The fourth-order valence-electron chi connectivity index (χ4n) is 2.16. The summed E-state index contributed by atoms with van der Waals surface area (Å²) in [5.41, 5.74) is 7.12. The first-order valence-corrected chi connectivity index (χ1v) is 9.42. The lowest BCUT2D eigenvalue weighted by atomic mass is 10.1. The van der Waals surface area contributed by atoms with Gasteiger partial charge in [-0.15, -0.1) is 6.58 Å². The molecule has 1 aliphatic heterocycles. The van der Waals surface area contributed by atoms with Crippen LogP contribution in [0, 0.1) is 0 Å². The summed E-state index contributed by atoms with van der Waals surface area (Å²) in [5, 5.41) is 0. The Labute approximate surface area is 130 Å². The van der Waals surface area contributed by atoms with Gasteiger partial charge in [-0.1, -0.05) is 6.08 Å². The van der Waals surface area contributed by atoms with Gasteiger partial charge in [-0.25, -0.2) is 13.1 Å². The molecule has 5 nitrogen and oxygen atoms in total. The highest BCUT2D eigenvalue weighted by Crippen LogP contribution is 2.34. The number of thioether (sulfide) groups is 1. The van der Waals surface area contributed by atoms with E-state index < -0.39 is 10.0 Å². The van der Waals surface area contributed by atoms with E-state index >= 15 is 0 Å². The fraction of sp³-hybridized carbons (Fsp3) is 0.429. The summed E-state index contributed by atoms with van der Waals surface area (Å²) in [6.07, 6.45) is 3.46. The van der Waals surface area contributed by atoms with Crippen LogP contribution in [0.4, 0.5) is 5.69 Å². The van der Waals surface area contributed by atoms with Crippen molar-refractivity contribution in [2.75, 3.05) is 30.4 Å². The lowest BCUT2D eigenvalue weighted by molar-refractivity contribution is 0.280. The summed E-state index contributed by atoms with van der Waals surface area (Å²) in [4.78, 5) is 0.144. The molecule has 0 aliphatic carbocycles. The van der Waals surface area contributed by atoms with Crippen LogP contribution < -0.4 is 15.2 Å². The summed E-state index contributed by atoms with van der Waals surface area (Å²) >= 11 is 1.62. The monoisotopic (exact) mass is 328 g/mol. The average molecular weight is 328 g/mol. The minimum atomic E-state index is -3.61. The third-order valence-electron chi connectivity index (χ3n) is 3.05. The van der Waals surface area contributed by atoms with Crippen LogP contribution in [0.5, 0.6) is 5.75 Å². The number of benzene rings is 1. The van der Waals surface area contributed by atoms with E-state index in [4.69, 9.17) is 10.5 Å². The van der Waals surface area contributed by atoms with Crippen LogP contribution in [-0.4, -0.2) is 33.1 Å². The van der Waals surface area contributed by atoms with Gasteiger partial charge >= 0.3 is 0 Å². The van der Waals surface area contributed by atoms with Crippen molar-refractivity contribution < 1.29 is 13.2 Å². The van der Waals surface area contributed by atoms with Crippen molar-refractivity contribution in [1.29, 1.82) is 0 Å². The Morgan fingerprint density at radius 3 is 3.05 bits per heavy atom. The number of nitrogens with one attached hydrogen (secondary N) is 1. The van der Waals surface area contributed by atoms with Gasteiger partial charge in [0.2, 0.25) is 10.0 Å². The van der Waals surface area contributed by atoms with E-state index in [1.165, 1.54) is 6.07 Å². The number of anilines is 1. The van der Waals surface area contributed by atoms with Crippen molar-refractivity contribution in [3.05, 3.63) is 30.4 Å². The molecule has 21 heavy (non-hydrogen) atoms. The van der Waals surface area contributed by atoms with Gasteiger partial charge in [-0.2, -0.15) is 11.8 Å². The van der Waals surface area contributed by atoms with Gasteiger partial charge in [0.1, 0.15) is 10.6 Å². The maximum absolute atomic E-state index is 12.4. The van der Waals surface area contributed by atoms with E-state index in [1.54, 1.807) is 23.9 Å². The van der Waals surface area contributed by atoms with Gasteiger partial charge in [-0.05, 0) is 30.5 Å². The average Bonchev–Trinajstić information content (AvgIpc) is 2.46. The van der Waals surface area contributed by atoms with E-state index in [0.717, 1.165) is 24.2 Å². The van der Waals surface area contributed by atoms with Crippen LogP contribution >= 0.6 is 11.8 Å². The Hall–Kier alpha value is -1.18. The zero-order valence-corrected chi connectivity index (χ0v) is 13.4. The molecule has 0 bridgehead atoms. The Morgan fingerprint density at radius 1 is 1.48 bits per heavy atom. The molecule has 2 rings (SSSR count). The molecule has 1 aliphatic rings. The van der Waals surface area contributed by atoms with Crippen molar-refractivity contribution in [3.8, 4) is 5.75 Å². The van der Waals surface area contributed by atoms with Gasteiger partial charge in [0.15, 0.2) is 0 Å². The van der Waals surface area contributed by atoms with Crippen LogP contribution in [0.3, 0.4) is 0 Å². The summed E-state index contributed by atoms with van der Waals surface area (Å²) in [6, 6.07) is 3.25. The SMILES string of the molecule is C=CCSCCNS(=O)(=O)c1cc(N)cc2c1OCCC2. The second-order valence-corrected chi connectivity index (χ2v) is 7.61. The zero-order valence-electron chi connectivity index (χ0n) is 11.8. The highest BCUT2D eigenvalue weighted by atomic mass is 32.2. The molecule has 0 saturated heterocycles. The molecule has 0 fully saturated rings. The number of nitrogens with two attached hydrogens (primary N) is 1. The minimum absolute atomic E-state index is 0.144. The third kappa shape index (κ3) is 4.15. The number of hydrogen-bond acceptors (Lipinski definition) is 5. The first-order valence-electron chi connectivity index (χ1n) is 6.78. The molecule has 3 N–H and O–H groups in total. The van der Waals surface area contributed by atoms with Crippen molar-refractivity contribution >= 4 is 27.5 Å². The Kier molecular flexibility index (Phi) is 5.55. The highest BCUT2D eigenvalue weighted by molar-refractivity contribution is 7.99. The quantitative estimate of drug-likeness (QED) is 0.453. The van der Waals surface area contributed by atoms with Crippen LogP contribution in [-0.2, 0) is 16.4 Å². The number of aryl methyl sites for hydroxylation is 1. The van der Waals surface area contributed by atoms with Gasteiger partial charge < -0.3 is 10.5 Å². The predicted octanol–water partition coefficient (Wildman–Crippen LogP) is 1.79. The molecular weight excluding hydrogens is 308 g/mol. The molecule has 0 aromatic heterocycles. The zero-order chi connectivity index (χ0) is 15.3. The standard InChI is InChI=1S/C14H20N2O3S2/c1-2-7-20-8-5-16-21(17,18)13-10-12(15)9-11-4-3-6-19-14(11)13/h2,9-10,16H,1,3-8,15H2. The van der Waals surface area contributed by atoms with Crippen LogP contribution in [0.15, 0.2) is 29.7 Å². The van der Waals surface area contributed by atoms with Gasteiger partial charge in [0.25, 0.3) is 0 Å². The van der Waals surface area contributed by atoms with E-state index in [0.29, 0.717) is 30.3 Å². The van der Waals surface area contributed by atoms with Crippen LogP contribution in [0.25, 0.3) is 0 Å². The predicted molar refractivity (Wildman–Crippen MR) is 87.4 cm³/mol. The smallest absolute Gasteiger partial charge is 0.244 e. The molecule has 0 radical (unpaired) electrons. The fourth-order valence-corrected chi connectivity index (χ4v) is 4.12. The number of sulfonamides is 1. The molecule has 0 amide bonds. The maximum atomic E-state index is 12.4. The molecular formula is C14H20N2O3S2. The molecule has 116 valence electrons. The minimum Gasteiger partial charge on any atom is -0.492 e. The number of hydrogen-bond donors (Lipinski definition) is 2. The number of nitrogen functional groups attached to an aromatic ring is 1. The Bertz CT molecular complexity index is 615. The summed E-state index contributed by atoms with van der Waals surface area (Å²) < 4.78 is 33.0. The topological polar surface area (TPSA) is 81.4 Å². The second kappa shape index (κ2) is 7.20. The molecule has 1 heterocycles. The Morgan fingerprint density at radius 2 is 2.29 bits per heavy atom. The molecule has 0 saturated carbocycles. The summed E-state index contributed by atoms with van der Waals surface area (Å²) in [7, 11) is -3.61. The van der Waals surface area contributed by atoms with Gasteiger partial charge in [0.05, 0.1) is 6.61 Å². The van der Waals surface area contributed by atoms with Crippen molar-refractivity contribution in [1.82, 2.24) is 4.72 Å². The number of rotatable bonds is 7. The molecule has 0 spiro atoms. The first-order chi connectivity index (χ1) is 10.0. The second-order valence-electron chi connectivity index (χ2n) is 4.72. The van der Waals surface area contributed by atoms with Gasteiger partial charge in [-0.3, -0.25) is 0 Å². The molecule has 0 unspecified atom stereocenters. The third-order valence-corrected chi connectivity index (χ3v) is 5.49. The van der Waals surface area contributed by atoms with E-state index in [9.17, 15) is 8.42 Å². The largest absolute Gasteiger partial charge is 0.492 e. The molecule has 1 aromatic carbocycles. The molecule has 1 aromatic rings. The molecule has 0 atom stereocenters. The van der Waals surface area contributed by atoms with Crippen molar-refractivity contribution in [3.63, 3.8) is 0 Å². The maximum Gasteiger partial charge on any atom is 0.244 e. The van der Waals surface area contributed by atoms with Crippen molar-refractivity contribution in [2.45, 2.75) is 17.7 Å². The lowest BCUT2D eigenvalue weighted by Crippen LogP contribution is -2.27. The Balaban J connectivity index is 2.16. The normalized spacial score (nSPS) is 14.3.